The van der Waals surface area contributed by atoms with Crippen molar-refractivity contribution in [3.05, 3.63) is 0 Å². The second kappa shape index (κ2) is 4.97. The van der Waals surface area contributed by atoms with Gasteiger partial charge in [-0.3, -0.25) is 9.69 Å². The van der Waals surface area contributed by atoms with Crippen LogP contribution in [-0.4, -0.2) is 53.7 Å². The van der Waals surface area contributed by atoms with E-state index in [4.69, 9.17) is 5.11 Å². The van der Waals surface area contributed by atoms with E-state index in [0.717, 1.165) is 0 Å². The molecule has 1 saturated heterocycles. The lowest BCUT2D eigenvalue weighted by atomic mass is 10.2. The van der Waals surface area contributed by atoms with Gasteiger partial charge < -0.3 is 15.7 Å². The molecule has 1 fully saturated rings. The summed E-state index contributed by atoms with van der Waals surface area (Å²) in [6.45, 7) is 5.02. The highest BCUT2D eigenvalue weighted by Gasteiger charge is 2.31. The Morgan fingerprint density at radius 3 is 2.73 bits per heavy atom. The molecule has 6 nitrogen and oxygen atoms in total. The number of hydrogen-bond donors (Lipinski definition) is 3. The maximum Gasteiger partial charge on any atom is 0.408 e. The number of piperazine rings is 1. The smallest absolute Gasteiger partial charge is 0.408 e. The zero-order valence-electron chi connectivity index (χ0n) is 8.99. The van der Waals surface area contributed by atoms with E-state index in [0.29, 0.717) is 19.6 Å². The minimum atomic E-state index is -1.04. The fraction of sp³-hybridized carbons (Fsp3) is 0.778. The number of carbonyl (C=O) groups is 2. The molecule has 1 aliphatic heterocycles. The Bertz CT molecular complexity index is 255. The Morgan fingerprint density at radius 1 is 1.53 bits per heavy atom. The number of rotatable bonds is 2. The van der Waals surface area contributed by atoms with E-state index in [-0.39, 0.29) is 11.9 Å². The van der Waals surface area contributed by atoms with Gasteiger partial charge in [-0.1, -0.05) is 0 Å². The first-order chi connectivity index (χ1) is 7.02. The number of amides is 2. The molecule has 3 N–H and O–H groups in total. The van der Waals surface area contributed by atoms with Gasteiger partial charge in [0.1, 0.15) is 6.04 Å². The van der Waals surface area contributed by atoms with Gasteiger partial charge in [0.25, 0.3) is 0 Å². The van der Waals surface area contributed by atoms with E-state index in [1.165, 1.54) is 4.90 Å². The Morgan fingerprint density at radius 2 is 2.20 bits per heavy atom. The molecule has 0 spiro atoms. The number of nitrogens with zero attached hydrogens (tertiary/aromatic N) is 1. The lowest BCUT2D eigenvalue weighted by Gasteiger charge is -2.33. The van der Waals surface area contributed by atoms with Crippen molar-refractivity contribution in [1.29, 1.82) is 0 Å². The Balaban J connectivity index is 2.63. The van der Waals surface area contributed by atoms with Crippen LogP contribution in [0.3, 0.4) is 0 Å². The predicted octanol–water partition coefficient (Wildman–Crippen LogP) is -0.537. The highest BCUT2D eigenvalue weighted by molar-refractivity contribution is 5.85. The molecule has 0 aromatic heterocycles. The van der Waals surface area contributed by atoms with Gasteiger partial charge in [0.15, 0.2) is 0 Å². The molecule has 0 bridgehead atoms. The van der Waals surface area contributed by atoms with Crippen LogP contribution in [0.2, 0.25) is 0 Å². The summed E-state index contributed by atoms with van der Waals surface area (Å²) in [5.74, 6) is -0.236. The van der Waals surface area contributed by atoms with Crippen LogP contribution in [0.4, 0.5) is 4.79 Å². The molecule has 1 heterocycles. The molecule has 2 amide bonds. The second-order valence-corrected chi connectivity index (χ2v) is 3.86. The minimum Gasteiger partial charge on any atom is -0.465 e. The van der Waals surface area contributed by atoms with Crippen LogP contribution in [-0.2, 0) is 4.79 Å². The van der Waals surface area contributed by atoms with Gasteiger partial charge in [-0.25, -0.2) is 4.79 Å². The maximum atomic E-state index is 11.7. The van der Waals surface area contributed by atoms with Gasteiger partial charge >= 0.3 is 6.09 Å². The molecule has 1 rings (SSSR count). The van der Waals surface area contributed by atoms with Crippen molar-refractivity contribution >= 4 is 12.0 Å². The molecule has 86 valence electrons. The van der Waals surface area contributed by atoms with Crippen LogP contribution >= 0.6 is 0 Å². The molecule has 0 radical (unpaired) electrons. The van der Waals surface area contributed by atoms with Crippen molar-refractivity contribution in [1.82, 2.24) is 15.5 Å². The van der Waals surface area contributed by atoms with Crippen LogP contribution in [0.1, 0.15) is 13.8 Å². The van der Waals surface area contributed by atoms with Crippen molar-refractivity contribution in [3.63, 3.8) is 0 Å². The summed E-state index contributed by atoms with van der Waals surface area (Å²) in [7, 11) is 0. The molecule has 15 heavy (non-hydrogen) atoms. The molecule has 1 unspecified atom stereocenters. The third kappa shape index (κ3) is 3.09. The zero-order chi connectivity index (χ0) is 11.4. The summed E-state index contributed by atoms with van der Waals surface area (Å²) < 4.78 is 0. The number of carbonyl (C=O) groups excluding carboxylic acids is 1. The number of carboxylic acid groups (broad SMARTS) is 1. The van der Waals surface area contributed by atoms with Crippen LogP contribution < -0.4 is 10.6 Å². The SMILES string of the molecule is CC(C)NC(=O)C1CNCCN1C(=O)O. The Labute approximate surface area is 88.6 Å². The van der Waals surface area contributed by atoms with E-state index < -0.39 is 12.1 Å². The first kappa shape index (κ1) is 11.8. The quantitative estimate of drug-likeness (QED) is 0.578. The van der Waals surface area contributed by atoms with E-state index in [1.807, 2.05) is 13.8 Å². The third-order valence-electron chi connectivity index (χ3n) is 2.22. The van der Waals surface area contributed by atoms with Crippen molar-refractivity contribution in [2.24, 2.45) is 0 Å². The Kier molecular flexibility index (Phi) is 3.90. The summed E-state index contributed by atoms with van der Waals surface area (Å²) in [5, 5.41) is 14.6. The highest BCUT2D eigenvalue weighted by atomic mass is 16.4. The van der Waals surface area contributed by atoms with Crippen molar-refractivity contribution in [3.8, 4) is 0 Å². The summed E-state index contributed by atoms with van der Waals surface area (Å²) in [6, 6.07) is -0.589. The van der Waals surface area contributed by atoms with E-state index in [2.05, 4.69) is 10.6 Å². The number of nitrogens with one attached hydrogen (secondary N) is 2. The maximum absolute atomic E-state index is 11.7. The molecular formula is C9H17N3O3. The van der Waals surface area contributed by atoms with Crippen molar-refractivity contribution < 1.29 is 14.7 Å². The fourth-order valence-corrected chi connectivity index (χ4v) is 1.55. The lowest BCUT2D eigenvalue weighted by Crippen LogP contribution is -2.59. The van der Waals surface area contributed by atoms with Crippen molar-refractivity contribution in [2.75, 3.05) is 19.6 Å². The average Bonchev–Trinajstić information content (AvgIpc) is 2.16. The van der Waals surface area contributed by atoms with Crippen LogP contribution in [0.5, 0.6) is 0 Å². The van der Waals surface area contributed by atoms with Crippen LogP contribution in [0.15, 0.2) is 0 Å². The molecule has 1 atom stereocenters. The average molecular weight is 215 g/mol. The first-order valence-corrected chi connectivity index (χ1v) is 5.03. The molecule has 6 heteroatoms. The molecule has 0 aromatic rings. The largest absolute Gasteiger partial charge is 0.465 e. The second-order valence-electron chi connectivity index (χ2n) is 3.86. The van der Waals surface area contributed by atoms with Gasteiger partial charge in [-0.2, -0.15) is 0 Å². The summed E-state index contributed by atoms with van der Waals surface area (Å²) >= 11 is 0. The highest BCUT2D eigenvalue weighted by Crippen LogP contribution is 2.04. The van der Waals surface area contributed by atoms with Crippen LogP contribution in [0.25, 0.3) is 0 Å². The van der Waals surface area contributed by atoms with Gasteiger partial charge in [0.05, 0.1) is 0 Å². The monoisotopic (exact) mass is 215 g/mol. The lowest BCUT2D eigenvalue weighted by molar-refractivity contribution is -0.126. The molecular weight excluding hydrogens is 198 g/mol. The summed E-state index contributed by atoms with van der Waals surface area (Å²) in [6.07, 6.45) is -1.04. The molecule has 0 saturated carbocycles. The minimum absolute atomic E-state index is 0.0232. The first-order valence-electron chi connectivity index (χ1n) is 5.03. The predicted molar refractivity (Wildman–Crippen MR) is 54.7 cm³/mol. The standard InChI is InChI=1S/C9H17N3O3/c1-6(2)11-8(13)7-5-10-3-4-12(7)9(14)15/h6-7,10H,3-5H2,1-2H3,(H,11,13)(H,14,15). The van der Waals surface area contributed by atoms with Gasteiger partial charge in [0.2, 0.25) is 5.91 Å². The molecule has 1 aliphatic rings. The molecule has 0 aromatic carbocycles. The molecule has 0 aliphatic carbocycles. The third-order valence-corrected chi connectivity index (χ3v) is 2.22. The van der Waals surface area contributed by atoms with Gasteiger partial charge in [0, 0.05) is 25.7 Å². The zero-order valence-corrected chi connectivity index (χ0v) is 8.99. The summed E-state index contributed by atoms with van der Waals surface area (Å²) in [4.78, 5) is 23.7. The van der Waals surface area contributed by atoms with E-state index in [1.54, 1.807) is 0 Å². The van der Waals surface area contributed by atoms with Crippen molar-refractivity contribution in [2.45, 2.75) is 25.9 Å². The normalized spacial score (nSPS) is 21.5. The van der Waals surface area contributed by atoms with Crippen LogP contribution in [0, 0.1) is 0 Å². The van der Waals surface area contributed by atoms with Gasteiger partial charge in [-0.05, 0) is 13.8 Å². The van der Waals surface area contributed by atoms with E-state index in [9.17, 15) is 9.59 Å². The number of hydrogen-bond acceptors (Lipinski definition) is 3. The fourth-order valence-electron chi connectivity index (χ4n) is 1.55. The topological polar surface area (TPSA) is 81.7 Å². The van der Waals surface area contributed by atoms with Gasteiger partial charge in [-0.15, -0.1) is 0 Å². The van der Waals surface area contributed by atoms with E-state index >= 15 is 0 Å². The summed E-state index contributed by atoms with van der Waals surface area (Å²) in [5.41, 5.74) is 0. The Hall–Kier alpha value is -1.30.